The summed E-state index contributed by atoms with van der Waals surface area (Å²) in [5, 5.41) is 6.27. The van der Waals surface area contributed by atoms with E-state index in [-0.39, 0.29) is 5.91 Å². The largest absolute Gasteiger partial charge is 0.332 e. The number of carbonyl (C=O) groups is 1. The minimum atomic E-state index is -0.00831. The Labute approximate surface area is 133 Å². The number of rotatable bonds is 6. The van der Waals surface area contributed by atoms with Crippen LogP contribution in [0.5, 0.6) is 0 Å². The molecule has 0 aliphatic rings. The van der Waals surface area contributed by atoms with E-state index in [1.165, 1.54) is 18.4 Å². The van der Waals surface area contributed by atoms with Crippen molar-refractivity contribution >= 4 is 28.9 Å². The number of hydrogen-bond acceptors (Lipinski definition) is 2. The lowest BCUT2D eigenvalue weighted by Crippen LogP contribution is -2.34. The monoisotopic (exact) mass is 306 g/mol. The summed E-state index contributed by atoms with van der Waals surface area (Å²) in [6.45, 7) is 8.31. The van der Waals surface area contributed by atoms with Gasteiger partial charge >= 0.3 is 0 Å². The van der Waals surface area contributed by atoms with Gasteiger partial charge in [-0.3, -0.25) is 4.79 Å². The van der Waals surface area contributed by atoms with Gasteiger partial charge in [0.05, 0.1) is 0 Å². The topological polar surface area (TPSA) is 41.1 Å². The van der Waals surface area contributed by atoms with Crippen molar-refractivity contribution in [1.82, 2.24) is 5.32 Å². The van der Waals surface area contributed by atoms with E-state index < -0.39 is 0 Å². The van der Waals surface area contributed by atoms with Gasteiger partial charge in [0.15, 0.2) is 5.11 Å². The van der Waals surface area contributed by atoms with Crippen LogP contribution in [0.4, 0.5) is 5.69 Å². The third kappa shape index (κ3) is 6.25. The van der Waals surface area contributed by atoms with Gasteiger partial charge in [-0.1, -0.05) is 43.9 Å². The fourth-order valence-corrected chi connectivity index (χ4v) is 2.64. The highest BCUT2D eigenvalue weighted by Gasteiger charge is 2.08. The molecule has 0 saturated heterocycles. The van der Waals surface area contributed by atoms with Crippen molar-refractivity contribution in [2.45, 2.75) is 59.8 Å². The minimum Gasteiger partial charge on any atom is -0.332 e. The minimum absolute atomic E-state index is 0.00831. The average molecular weight is 306 g/mol. The second kappa shape index (κ2) is 8.78. The van der Waals surface area contributed by atoms with E-state index in [1.807, 2.05) is 13.8 Å². The van der Waals surface area contributed by atoms with Crippen molar-refractivity contribution in [2.24, 2.45) is 0 Å². The number of unbranched alkanes of at least 4 members (excludes halogenated alkanes) is 3. The highest BCUT2D eigenvalue weighted by Crippen LogP contribution is 2.21. The van der Waals surface area contributed by atoms with Crippen molar-refractivity contribution in [3.8, 4) is 0 Å². The van der Waals surface area contributed by atoms with Crippen LogP contribution in [0.2, 0.25) is 0 Å². The predicted molar refractivity (Wildman–Crippen MR) is 93.8 cm³/mol. The Morgan fingerprint density at radius 3 is 2.29 bits per heavy atom. The molecule has 0 fully saturated rings. The molecule has 0 aromatic heterocycles. The van der Waals surface area contributed by atoms with Gasteiger partial charge in [0.25, 0.3) is 0 Å². The Bertz CT molecular complexity index is 489. The van der Waals surface area contributed by atoms with Crippen LogP contribution >= 0.6 is 12.2 Å². The van der Waals surface area contributed by atoms with Crippen LogP contribution in [-0.4, -0.2) is 11.0 Å². The third-order valence-electron chi connectivity index (χ3n) is 3.43. The van der Waals surface area contributed by atoms with Crippen molar-refractivity contribution in [3.63, 3.8) is 0 Å². The van der Waals surface area contributed by atoms with Gasteiger partial charge in [0.1, 0.15) is 0 Å². The molecule has 1 aromatic carbocycles. The van der Waals surface area contributed by atoms with Crippen molar-refractivity contribution in [1.29, 1.82) is 0 Å². The van der Waals surface area contributed by atoms with Gasteiger partial charge in [-0.15, -0.1) is 0 Å². The maximum atomic E-state index is 11.8. The summed E-state index contributed by atoms with van der Waals surface area (Å²) in [6.07, 6.45) is 4.91. The summed E-state index contributed by atoms with van der Waals surface area (Å²) in [7, 11) is 0. The number of benzene rings is 1. The maximum Gasteiger partial charge on any atom is 0.226 e. The first-order valence-corrected chi connectivity index (χ1v) is 8.03. The van der Waals surface area contributed by atoms with Crippen molar-refractivity contribution in [3.05, 3.63) is 28.8 Å². The zero-order valence-electron chi connectivity index (χ0n) is 13.5. The Kier molecular flexibility index (Phi) is 7.37. The van der Waals surface area contributed by atoms with Crippen LogP contribution in [0.1, 0.15) is 55.7 Å². The third-order valence-corrected chi connectivity index (χ3v) is 3.63. The summed E-state index contributed by atoms with van der Waals surface area (Å²) in [6, 6.07) is 4.20. The van der Waals surface area contributed by atoms with Gasteiger partial charge in [-0.05, 0) is 50.5 Å². The smallest absolute Gasteiger partial charge is 0.226 e. The molecule has 116 valence electrons. The first kappa shape index (κ1) is 17.6. The first-order chi connectivity index (χ1) is 9.93. The van der Waals surface area contributed by atoms with Crippen molar-refractivity contribution < 1.29 is 4.79 Å². The van der Waals surface area contributed by atoms with Crippen LogP contribution in [-0.2, 0) is 4.79 Å². The molecule has 0 aliphatic carbocycles. The summed E-state index contributed by atoms with van der Waals surface area (Å²) >= 11 is 5.22. The van der Waals surface area contributed by atoms with Crippen molar-refractivity contribution in [2.75, 3.05) is 5.32 Å². The van der Waals surface area contributed by atoms with E-state index in [9.17, 15) is 4.79 Å². The summed E-state index contributed by atoms with van der Waals surface area (Å²) in [4.78, 5) is 11.8. The van der Waals surface area contributed by atoms with Crippen LogP contribution in [0, 0.1) is 20.8 Å². The highest BCUT2D eigenvalue weighted by molar-refractivity contribution is 7.80. The number of hydrogen-bond donors (Lipinski definition) is 2. The van der Waals surface area contributed by atoms with E-state index in [1.54, 1.807) is 0 Å². The van der Waals surface area contributed by atoms with Crippen LogP contribution in [0.15, 0.2) is 12.1 Å². The zero-order chi connectivity index (χ0) is 15.8. The molecular formula is C17H26N2OS. The Balaban J connectivity index is 2.49. The fraction of sp³-hybridized carbons (Fsp3) is 0.529. The lowest BCUT2D eigenvalue weighted by molar-refractivity contribution is -0.119. The second-order valence-electron chi connectivity index (χ2n) is 5.59. The maximum absolute atomic E-state index is 11.8. The molecule has 0 unspecified atom stereocenters. The summed E-state index contributed by atoms with van der Waals surface area (Å²) in [5.74, 6) is -0.00831. The Morgan fingerprint density at radius 1 is 1.10 bits per heavy atom. The molecule has 4 heteroatoms. The van der Waals surface area contributed by atoms with Crippen LogP contribution in [0.25, 0.3) is 0 Å². The molecule has 0 bridgehead atoms. The molecule has 21 heavy (non-hydrogen) atoms. The molecule has 0 atom stereocenters. The van der Waals surface area contributed by atoms with Gasteiger partial charge in [0.2, 0.25) is 5.91 Å². The number of thiocarbonyl (C=S) groups is 1. The van der Waals surface area contributed by atoms with Crippen LogP contribution in [0.3, 0.4) is 0 Å². The van der Waals surface area contributed by atoms with Gasteiger partial charge in [-0.2, -0.15) is 0 Å². The molecule has 0 aliphatic heterocycles. The number of nitrogens with one attached hydrogen (secondary N) is 2. The molecule has 0 spiro atoms. The SMILES string of the molecule is CCCCCCC(=O)NC(=S)Nc1c(C)cc(C)cc1C. The molecule has 0 radical (unpaired) electrons. The number of amides is 1. The molecule has 1 rings (SSSR count). The zero-order valence-corrected chi connectivity index (χ0v) is 14.3. The molecule has 2 N–H and O–H groups in total. The molecule has 1 amide bonds. The van der Waals surface area contributed by atoms with E-state index in [4.69, 9.17) is 12.2 Å². The van der Waals surface area contributed by atoms with Gasteiger partial charge in [0, 0.05) is 12.1 Å². The molecule has 0 heterocycles. The number of aryl methyl sites for hydroxylation is 3. The van der Waals surface area contributed by atoms with Gasteiger partial charge in [-0.25, -0.2) is 0 Å². The summed E-state index contributed by atoms with van der Waals surface area (Å²) < 4.78 is 0. The Hall–Kier alpha value is -1.42. The second-order valence-corrected chi connectivity index (χ2v) is 5.99. The predicted octanol–water partition coefficient (Wildman–Crippen LogP) is 4.40. The fourth-order valence-electron chi connectivity index (χ4n) is 2.42. The standard InChI is InChI=1S/C17H26N2OS/c1-5-6-7-8-9-15(20)18-17(21)19-16-13(3)10-12(2)11-14(16)4/h10-11H,5-9H2,1-4H3,(H2,18,19,20,21). The molecular weight excluding hydrogens is 280 g/mol. The molecule has 0 saturated carbocycles. The number of anilines is 1. The van der Waals surface area contributed by atoms with E-state index in [0.717, 1.165) is 29.7 Å². The van der Waals surface area contributed by atoms with Gasteiger partial charge < -0.3 is 10.6 Å². The molecule has 1 aromatic rings. The Morgan fingerprint density at radius 2 is 1.71 bits per heavy atom. The lowest BCUT2D eigenvalue weighted by Gasteiger charge is -2.15. The first-order valence-electron chi connectivity index (χ1n) is 7.62. The quantitative estimate of drug-likeness (QED) is 0.605. The molecule has 3 nitrogen and oxygen atoms in total. The van der Waals surface area contributed by atoms with Crippen LogP contribution < -0.4 is 10.6 Å². The highest BCUT2D eigenvalue weighted by atomic mass is 32.1. The van der Waals surface area contributed by atoms with E-state index in [2.05, 4.69) is 36.6 Å². The average Bonchev–Trinajstić information content (AvgIpc) is 2.39. The van der Waals surface area contributed by atoms with E-state index >= 15 is 0 Å². The normalized spacial score (nSPS) is 10.3. The summed E-state index contributed by atoms with van der Waals surface area (Å²) in [5.41, 5.74) is 4.47. The number of carbonyl (C=O) groups excluding carboxylic acids is 1. The lowest BCUT2D eigenvalue weighted by atomic mass is 10.1. The van der Waals surface area contributed by atoms with E-state index in [0.29, 0.717) is 11.5 Å².